The van der Waals surface area contributed by atoms with Crippen LogP contribution in [0.3, 0.4) is 0 Å². The van der Waals surface area contributed by atoms with E-state index in [9.17, 15) is 23.2 Å². The van der Waals surface area contributed by atoms with Crippen molar-refractivity contribution in [3.63, 3.8) is 0 Å². The van der Waals surface area contributed by atoms with E-state index in [0.717, 1.165) is 17.7 Å². The fourth-order valence-electron chi connectivity index (χ4n) is 4.52. The lowest BCUT2D eigenvalue weighted by molar-refractivity contribution is -0.145. The minimum absolute atomic E-state index is 0.0177. The third kappa shape index (κ3) is 5.77. The van der Waals surface area contributed by atoms with Crippen molar-refractivity contribution < 1.29 is 22.7 Å². The number of aromatic nitrogens is 2. The van der Waals surface area contributed by atoms with Crippen LogP contribution in [-0.2, 0) is 22.3 Å². The molecule has 4 aromatic rings. The monoisotopic (exact) mass is 531 g/mol. The van der Waals surface area contributed by atoms with Crippen LogP contribution in [0.5, 0.6) is 0 Å². The Morgan fingerprint density at radius 3 is 2.21 bits per heavy atom. The van der Waals surface area contributed by atoms with Gasteiger partial charge in [-0.25, -0.2) is 9.97 Å². The van der Waals surface area contributed by atoms with Crippen molar-refractivity contribution >= 4 is 28.5 Å². The van der Waals surface area contributed by atoms with Gasteiger partial charge in [0, 0.05) is 31.9 Å². The van der Waals surface area contributed by atoms with Crippen LogP contribution in [0.4, 0.5) is 24.7 Å². The van der Waals surface area contributed by atoms with E-state index in [1.54, 1.807) is 24.3 Å². The summed E-state index contributed by atoms with van der Waals surface area (Å²) in [5.74, 6) is -1.64. The van der Waals surface area contributed by atoms with Gasteiger partial charge >= 0.3 is 12.1 Å². The van der Waals surface area contributed by atoms with E-state index in [0.29, 0.717) is 48.7 Å². The molecule has 0 N–H and O–H groups in total. The molecule has 0 unspecified atom stereocenters. The number of halogens is 3. The molecule has 3 aromatic carbocycles. The number of ether oxygens (including phenoxy) is 1. The summed E-state index contributed by atoms with van der Waals surface area (Å²) in [7, 11) is 0. The van der Waals surface area contributed by atoms with Crippen LogP contribution in [0.15, 0.2) is 78.9 Å². The summed E-state index contributed by atoms with van der Waals surface area (Å²) in [6, 6.07) is 23.6. The number of benzene rings is 3. The average molecular weight is 532 g/mol. The van der Waals surface area contributed by atoms with Crippen molar-refractivity contribution in [2.75, 3.05) is 36.0 Å². The van der Waals surface area contributed by atoms with Gasteiger partial charge in [0.2, 0.25) is 0 Å². The molecular formula is C29H24F3N5O2. The smallest absolute Gasteiger partial charge is 0.416 e. The molecule has 1 aliphatic heterocycles. The lowest BCUT2D eigenvalue weighted by atomic mass is 10.1. The number of para-hydroxylation sites is 2. The summed E-state index contributed by atoms with van der Waals surface area (Å²) < 4.78 is 45.1. The van der Waals surface area contributed by atoms with Crippen molar-refractivity contribution in [2.24, 2.45) is 0 Å². The maximum Gasteiger partial charge on any atom is 0.416 e. The Hall–Kier alpha value is -4.65. The molecule has 10 heteroatoms. The number of nitriles is 1. The average Bonchev–Trinajstić information content (AvgIpc) is 2.96. The molecule has 0 bridgehead atoms. The Labute approximate surface area is 223 Å². The standard InChI is InChI=1S/C29H24F3N5O2/c30-29(31,32)21-9-6-10-22(17-21)36-13-15-37(16-14-36)27-26(34-24-11-4-5-12-25(24)35-27)23(18-33)28(38)39-19-20-7-2-1-3-8-20/h1-12,17,23H,13-16,19H2/t23-/m0/s1. The predicted molar refractivity (Wildman–Crippen MR) is 140 cm³/mol. The van der Waals surface area contributed by atoms with Gasteiger partial charge in [-0.15, -0.1) is 0 Å². The second-order valence-corrected chi connectivity index (χ2v) is 9.10. The zero-order valence-corrected chi connectivity index (χ0v) is 20.8. The van der Waals surface area contributed by atoms with Crippen molar-refractivity contribution in [3.8, 4) is 6.07 Å². The van der Waals surface area contributed by atoms with E-state index in [1.165, 1.54) is 6.07 Å². The van der Waals surface area contributed by atoms with E-state index < -0.39 is 23.6 Å². The van der Waals surface area contributed by atoms with E-state index in [2.05, 4.69) is 4.98 Å². The van der Waals surface area contributed by atoms with Crippen LogP contribution in [0.1, 0.15) is 22.7 Å². The van der Waals surface area contributed by atoms with Gasteiger partial charge < -0.3 is 14.5 Å². The largest absolute Gasteiger partial charge is 0.460 e. The zero-order valence-electron chi connectivity index (χ0n) is 20.8. The topological polar surface area (TPSA) is 82.3 Å². The molecule has 7 nitrogen and oxygen atoms in total. The van der Waals surface area contributed by atoms with Crippen molar-refractivity contribution in [2.45, 2.75) is 18.7 Å². The fourth-order valence-corrected chi connectivity index (χ4v) is 4.52. The Kier molecular flexibility index (Phi) is 7.32. The number of carbonyl (C=O) groups is 1. The summed E-state index contributed by atoms with van der Waals surface area (Å²) in [6.45, 7) is 1.68. The molecule has 39 heavy (non-hydrogen) atoms. The highest BCUT2D eigenvalue weighted by atomic mass is 19.4. The van der Waals surface area contributed by atoms with Gasteiger partial charge in [-0.2, -0.15) is 18.4 Å². The van der Waals surface area contributed by atoms with Crippen LogP contribution in [0, 0.1) is 11.3 Å². The third-order valence-electron chi connectivity index (χ3n) is 6.56. The Morgan fingerprint density at radius 1 is 0.897 bits per heavy atom. The highest BCUT2D eigenvalue weighted by Crippen LogP contribution is 2.33. The first-order chi connectivity index (χ1) is 18.8. The summed E-state index contributed by atoms with van der Waals surface area (Å²) in [4.78, 5) is 26.2. The molecule has 1 fully saturated rings. The molecule has 1 atom stereocenters. The second-order valence-electron chi connectivity index (χ2n) is 9.10. The van der Waals surface area contributed by atoms with E-state index >= 15 is 0 Å². The van der Waals surface area contributed by atoms with Crippen LogP contribution in [0.2, 0.25) is 0 Å². The Balaban J connectivity index is 1.40. The normalized spacial score (nSPS) is 14.6. The second kappa shape index (κ2) is 11.0. The van der Waals surface area contributed by atoms with Gasteiger partial charge in [-0.3, -0.25) is 4.79 Å². The molecule has 0 radical (unpaired) electrons. The molecule has 1 aromatic heterocycles. The molecule has 198 valence electrons. The Morgan fingerprint density at radius 2 is 1.54 bits per heavy atom. The molecular weight excluding hydrogens is 507 g/mol. The molecule has 0 aliphatic carbocycles. The molecule has 5 rings (SSSR count). The van der Waals surface area contributed by atoms with Gasteiger partial charge in [0.1, 0.15) is 12.3 Å². The highest BCUT2D eigenvalue weighted by Gasteiger charge is 2.33. The molecule has 0 saturated carbocycles. The summed E-state index contributed by atoms with van der Waals surface area (Å²) >= 11 is 0. The predicted octanol–water partition coefficient (Wildman–Crippen LogP) is 5.33. The van der Waals surface area contributed by atoms with E-state index in [1.807, 2.05) is 52.3 Å². The van der Waals surface area contributed by atoms with Crippen molar-refractivity contribution in [3.05, 3.63) is 95.7 Å². The fraction of sp³-hybridized carbons (Fsp3) is 0.241. The number of rotatable bonds is 6. The maximum absolute atomic E-state index is 13.2. The number of fused-ring (bicyclic) bond motifs is 1. The van der Waals surface area contributed by atoms with Gasteiger partial charge in [-0.1, -0.05) is 48.5 Å². The molecule has 2 heterocycles. The van der Waals surface area contributed by atoms with E-state index in [4.69, 9.17) is 9.72 Å². The number of carbonyl (C=O) groups excluding carboxylic acids is 1. The van der Waals surface area contributed by atoms with Crippen LogP contribution < -0.4 is 9.80 Å². The summed E-state index contributed by atoms with van der Waals surface area (Å²) in [5, 5.41) is 9.99. The maximum atomic E-state index is 13.2. The number of alkyl halides is 3. The first-order valence-corrected chi connectivity index (χ1v) is 12.4. The Bertz CT molecular complexity index is 1510. The van der Waals surface area contributed by atoms with Crippen molar-refractivity contribution in [1.29, 1.82) is 5.26 Å². The minimum Gasteiger partial charge on any atom is -0.460 e. The quantitative estimate of drug-likeness (QED) is 0.311. The number of piperazine rings is 1. The first kappa shape index (κ1) is 26.0. The number of hydrogen-bond donors (Lipinski definition) is 0. The molecule has 0 spiro atoms. The number of anilines is 2. The molecule has 0 amide bonds. The lowest BCUT2D eigenvalue weighted by Crippen LogP contribution is -2.47. The SMILES string of the molecule is N#C[C@H](C(=O)OCc1ccccc1)c1nc2ccccc2nc1N1CCN(c2cccc(C(F)(F)F)c2)CC1. The first-order valence-electron chi connectivity index (χ1n) is 12.4. The van der Waals surface area contributed by atoms with Gasteiger partial charge in [0.05, 0.1) is 22.7 Å². The van der Waals surface area contributed by atoms with Gasteiger partial charge in [0.15, 0.2) is 11.7 Å². The van der Waals surface area contributed by atoms with Crippen LogP contribution in [-0.4, -0.2) is 42.1 Å². The third-order valence-corrected chi connectivity index (χ3v) is 6.56. The zero-order chi connectivity index (χ0) is 27.4. The van der Waals surface area contributed by atoms with Crippen LogP contribution >= 0.6 is 0 Å². The molecule has 1 saturated heterocycles. The minimum atomic E-state index is -4.42. The van der Waals surface area contributed by atoms with E-state index in [-0.39, 0.29) is 12.3 Å². The summed E-state index contributed by atoms with van der Waals surface area (Å²) in [5.41, 5.74) is 1.91. The summed E-state index contributed by atoms with van der Waals surface area (Å²) in [6.07, 6.45) is -4.42. The van der Waals surface area contributed by atoms with Crippen LogP contribution in [0.25, 0.3) is 11.0 Å². The molecule has 1 aliphatic rings. The van der Waals surface area contributed by atoms with Gasteiger partial charge in [0.25, 0.3) is 0 Å². The number of esters is 1. The number of hydrogen-bond acceptors (Lipinski definition) is 7. The van der Waals surface area contributed by atoms with Gasteiger partial charge in [-0.05, 0) is 35.9 Å². The highest BCUT2D eigenvalue weighted by molar-refractivity contribution is 5.85. The lowest BCUT2D eigenvalue weighted by Gasteiger charge is -2.37. The number of nitrogens with zero attached hydrogens (tertiary/aromatic N) is 5. The van der Waals surface area contributed by atoms with Crippen molar-refractivity contribution in [1.82, 2.24) is 9.97 Å².